The number of amides is 1. The van der Waals surface area contributed by atoms with Gasteiger partial charge in [0.15, 0.2) is 0 Å². The third-order valence-corrected chi connectivity index (χ3v) is 7.33. The van der Waals surface area contributed by atoms with E-state index in [1.165, 1.54) is 12.1 Å². The number of H-pyrrole nitrogens is 2. The highest BCUT2D eigenvalue weighted by Crippen LogP contribution is 2.36. The minimum absolute atomic E-state index is 0.0805. The summed E-state index contributed by atoms with van der Waals surface area (Å²) in [6.07, 6.45) is 5.11. The zero-order valence-corrected chi connectivity index (χ0v) is 25.3. The second kappa shape index (κ2) is 11.5. The minimum atomic E-state index is -0.522. The van der Waals surface area contributed by atoms with E-state index in [-0.39, 0.29) is 11.7 Å². The largest absolute Gasteiger partial charge is 0.492 e. The molecule has 3 N–H and O–H groups in total. The summed E-state index contributed by atoms with van der Waals surface area (Å²) in [5, 5.41) is 12.5. The van der Waals surface area contributed by atoms with Gasteiger partial charge in [-0.2, -0.15) is 5.10 Å². The fraction of sp³-hybridized carbons (Fsp3) is 0.235. The van der Waals surface area contributed by atoms with Crippen LogP contribution in [0.25, 0.3) is 55.6 Å². The lowest BCUT2D eigenvalue weighted by atomic mass is 9.95. The first-order valence-electron chi connectivity index (χ1n) is 14.4. The maximum Gasteiger partial charge on any atom is 0.229 e. The number of carbonyl (C=O) groups excluding carboxylic acids is 1. The van der Waals surface area contributed by atoms with Crippen LogP contribution in [0.3, 0.4) is 0 Å². The first-order valence-corrected chi connectivity index (χ1v) is 14.4. The van der Waals surface area contributed by atoms with E-state index in [1.54, 1.807) is 18.6 Å². The Balaban J connectivity index is 1.35. The third-order valence-electron chi connectivity index (χ3n) is 7.33. The number of pyridine rings is 2. The van der Waals surface area contributed by atoms with Crippen LogP contribution in [0.1, 0.15) is 20.8 Å². The Labute approximate surface area is 254 Å². The molecule has 1 amide bonds. The lowest BCUT2D eigenvalue weighted by Crippen LogP contribution is -2.27. The lowest BCUT2D eigenvalue weighted by molar-refractivity contribution is -0.123. The van der Waals surface area contributed by atoms with Gasteiger partial charge >= 0.3 is 0 Å². The van der Waals surface area contributed by atoms with E-state index in [2.05, 4.69) is 36.5 Å². The van der Waals surface area contributed by atoms with Gasteiger partial charge in [0.25, 0.3) is 0 Å². The zero-order chi connectivity index (χ0) is 31.0. The number of nitrogens with one attached hydrogen (secondary N) is 3. The maximum absolute atomic E-state index is 14.7. The number of carbonyl (C=O) groups is 1. The highest BCUT2D eigenvalue weighted by Gasteiger charge is 2.21. The second-order valence-electron chi connectivity index (χ2n) is 12.1. The number of nitrogens with zero attached hydrogens (tertiary/aromatic N) is 4. The van der Waals surface area contributed by atoms with E-state index >= 15 is 0 Å². The van der Waals surface area contributed by atoms with Gasteiger partial charge in [0.05, 0.1) is 28.8 Å². The number of fused-ring (bicyclic) bond motifs is 2. The fourth-order valence-corrected chi connectivity index (χ4v) is 4.92. The Morgan fingerprint density at radius 2 is 1.75 bits per heavy atom. The molecule has 0 spiro atoms. The van der Waals surface area contributed by atoms with Gasteiger partial charge in [0.1, 0.15) is 23.9 Å². The smallest absolute Gasteiger partial charge is 0.229 e. The molecule has 4 aromatic heterocycles. The molecule has 10 heteroatoms. The van der Waals surface area contributed by atoms with Gasteiger partial charge in [0, 0.05) is 57.8 Å². The molecule has 4 heterocycles. The summed E-state index contributed by atoms with van der Waals surface area (Å²) in [4.78, 5) is 27.0. The van der Waals surface area contributed by atoms with Crippen molar-refractivity contribution in [3.63, 3.8) is 0 Å². The molecule has 0 radical (unpaired) electrons. The molecule has 0 saturated heterocycles. The number of aromatic amines is 2. The summed E-state index contributed by atoms with van der Waals surface area (Å²) >= 11 is 0. The molecule has 0 aliphatic heterocycles. The molecule has 0 saturated carbocycles. The monoisotopic (exact) mass is 591 g/mol. The first-order chi connectivity index (χ1) is 21.0. The minimum Gasteiger partial charge on any atom is -0.492 e. The van der Waals surface area contributed by atoms with Gasteiger partial charge in [-0.25, -0.2) is 4.39 Å². The summed E-state index contributed by atoms with van der Waals surface area (Å²) in [7, 11) is 3.92. The van der Waals surface area contributed by atoms with Crippen LogP contribution in [0.4, 0.5) is 10.1 Å². The summed E-state index contributed by atoms with van der Waals surface area (Å²) in [6, 6.07) is 16.5. The molecule has 6 aromatic rings. The van der Waals surface area contributed by atoms with Crippen LogP contribution in [0.5, 0.6) is 5.75 Å². The van der Waals surface area contributed by atoms with Crippen molar-refractivity contribution >= 4 is 33.4 Å². The number of rotatable bonds is 8. The Morgan fingerprint density at radius 1 is 0.932 bits per heavy atom. The SMILES string of the molecule is CN(C)CCOc1cc(F)cc(-c2nccc3[nH]c(-c4n[nH]c5ccc(-c6cncc(NC(=O)C(C)(C)C)c6)cc45)cc23)c1. The van der Waals surface area contributed by atoms with Gasteiger partial charge in [-0.1, -0.05) is 26.8 Å². The molecule has 0 bridgehead atoms. The molecule has 224 valence electrons. The van der Waals surface area contributed by atoms with E-state index in [0.29, 0.717) is 29.3 Å². The van der Waals surface area contributed by atoms with Crippen LogP contribution in [0.2, 0.25) is 0 Å². The van der Waals surface area contributed by atoms with Crippen LogP contribution in [-0.4, -0.2) is 63.2 Å². The molecule has 0 fully saturated rings. The van der Waals surface area contributed by atoms with E-state index < -0.39 is 5.41 Å². The quantitative estimate of drug-likeness (QED) is 0.178. The predicted octanol–water partition coefficient (Wildman–Crippen LogP) is 6.90. The molecule has 44 heavy (non-hydrogen) atoms. The number of anilines is 1. The normalized spacial score (nSPS) is 11.9. The van der Waals surface area contributed by atoms with Crippen molar-refractivity contribution in [3.05, 3.63) is 79.0 Å². The van der Waals surface area contributed by atoms with Gasteiger partial charge < -0.3 is 19.9 Å². The maximum atomic E-state index is 14.7. The third kappa shape index (κ3) is 6.02. The standard InChI is InChI=1S/C34H34FN7O2/c1-34(2,3)33(43)38-24-13-22(18-36-19-24)20-6-7-29-26(15-20)32(41-40-29)30-17-27-28(39-30)8-9-37-31(27)21-12-23(35)16-25(14-21)44-11-10-42(4)5/h6-9,12-19,39H,10-11H2,1-5H3,(H,38,43)(H,40,41). The van der Waals surface area contributed by atoms with E-state index in [1.807, 2.05) is 76.2 Å². The number of hydrogen-bond acceptors (Lipinski definition) is 6. The molecule has 2 aromatic carbocycles. The lowest BCUT2D eigenvalue weighted by Gasteiger charge is -2.17. The number of benzene rings is 2. The molecule has 0 unspecified atom stereocenters. The van der Waals surface area contributed by atoms with Crippen molar-refractivity contribution in [2.45, 2.75) is 20.8 Å². The first kappa shape index (κ1) is 29.0. The van der Waals surface area contributed by atoms with E-state index in [4.69, 9.17) is 4.74 Å². The number of halogens is 1. The van der Waals surface area contributed by atoms with Gasteiger partial charge in [-0.05, 0) is 62.1 Å². The molecule has 6 rings (SSSR count). The Kier molecular flexibility index (Phi) is 7.60. The highest BCUT2D eigenvalue weighted by atomic mass is 19.1. The number of likely N-dealkylation sites (N-methyl/N-ethyl adjacent to an activating group) is 1. The molecule has 0 aliphatic carbocycles. The molecule has 0 atom stereocenters. The molecule has 0 aliphatic rings. The van der Waals surface area contributed by atoms with Crippen molar-refractivity contribution in [1.82, 2.24) is 30.0 Å². The average Bonchev–Trinajstić information content (AvgIpc) is 3.60. The van der Waals surface area contributed by atoms with Crippen LogP contribution < -0.4 is 10.1 Å². The van der Waals surface area contributed by atoms with E-state index in [9.17, 15) is 9.18 Å². The topological polar surface area (TPSA) is 112 Å². The van der Waals surface area contributed by atoms with Crippen LogP contribution in [-0.2, 0) is 4.79 Å². The van der Waals surface area contributed by atoms with Crippen molar-refractivity contribution in [2.24, 2.45) is 5.41 Å². The van der Waals surface area contributed by atoms with Crippen molar-refractivity contribution in [2.75, 3.05) is 32.6 Å². The Hall–Kier alpha value is -5.09. The summed E-state index contributed by atoms with van der Waals surface area (Å²) in [6.45, 7) is 6.77. The van der Waals surface area contributed by atoms with Crippen LogP contribution in [0, 0.1) is 11.2 Å². The number of hydrogen-bond donors (Lipinski definition) is 3. The zero-order valence-electron chi connectivity index (χ0n) is 25.3. The van der Waals surface area contributed by atoms with Gasteiger partial charge in [-0.3, -0.25) is 19.9 Å². The molecule has 9 nitrogen and oxygen atoms in total. The molecular weight excluding hydrogens is 557 g/mol. The Morgan fingerprint density at radius 3 is 2.55 bits per heavy atom. The summed E-state index contributed by atoms with van der Waals surface area (Å²) < 4.78 is 20.5. The van der Waals surface area contributed by atoms with Crippen molar-refractivity contribution in [3.8, 4) is 39.5 Å². The summed E-state index contributed by atoms with van der Waals surface area (Å²) in [5.74, 6) is -0.0129. The van der Waals surface area contributed by atoms with Crippen LogP contribution >= 0.6 is 0 Å². The molecular formula is C34H34FN7O2. The number of aromatic nitrogens is 5. The van der Waals surface area contributed by atoms with Crippen LogP contribution in [0.15, 0.2) is 73.2 Å². The highest BCUT2D eigenvalue weighted by molar-refractivity contribution is 6.01. The number of ether oxygens (including phenoxy) is 1. The Bertz CT molecular complexity index is 1990. The van der Waals surface area contributed by atoms with E-state index in [0.717, 1.165) is 50.9 Å². The predicted molar refractivity (Wildman–Crippen MR) is 172 cm³/mol. The van der Waals surface area contributed by atoms with Crippen molar-refractivity contribution in [1.29, 1.82) is 0 Å². The summed E-state index contributed by atoms with van der Waals surface area (Å²) in [5.41, 5.74) is 6.42. The van der Waals surface area contributed by atoms with Gasteiger partial charge in [-0.15, -0.1) is 0 Å². The average molecular weight is 592 g/mol. The fourth-order valence-electron chi connectivity index (χ4n) is 4.92. The van der Waals surface area contributed by atoms with Gasteiger partial charge in [0.2, 0.25) is 5.91 Å². The second-order valence-corrected chi connectivity index (χ2v) is 12.1. The van der Waals surface area contributed by atoms with Crippen molar-refractivity contribution < 1.29 is 13.9 Å².